The molecule has 0 aromatic heterocycles. The van der Waals surface area contributed by atoms with Gasteiger partial charge >= 0.3 is 0 Å². The van der Waals surface area contributed by atoms with Crippen molar-refractivity contribution in [1.82, 2.24) is 0 Å². The first-order valence-corrected chi connectivity index (χ1v) is 13.0. The van der Waals surface area contributed by atoms with Crippen molar-refractivity contribution >= 4 is 6.29 Å². The number of rotatable bonds is 6. The fourth-order valence-electron chi connectivity index (χ4n) is 6.61. The van der Waals surface area contributed by atoms with Crippen LogP contribution in [0.1, 0.15) is 79.6 Å². The lowest BCUT2D eigenvalue weighted by atomic mass is 9.57. The van der Waals surface area contributed by atoms with E-state index in [4.69, 9.17) is 9.47 Å². The summed E-state index contributed by atoms with van der Waals surface area (Å²) in [7, 11) is 0. The van der Waals surface area contributed by atoms with Crippen molar-refractivity contribution in [3.8, 4) is 0 Å². The number of fused-ring (bicyclic) bond motifs is 3. The number of hydrogen-bond donors (Lipinski definition) is 3. The molecule has 1 aliphatic heterocycles. The van der Waals surface area contributed by atoms with Gasteiger partial charge in [0.25, 0.3) is 0 Å². The van der Waals surface area contributed by atoms with Gasteiger partial charge in [-0.2, -0.15) is 0 Å². The molecule has 7 atom stereocenters. The minimum atomic E-state index is -1.35. The Morgan fingerprint density at radius 3 is 2.56 bits per heavy atom. The average molecular weight is 475 g/mol. The van der Waals surface area contributed by atoms with Gasteiger partial charge in [0.05, 0.1) is 12.7 Å². The molecule has 4 rings (SSSR count). The van der Waals surface area contributed by atoms with E-state index in [1.54, 1.807) is 0 Å². The minimum absolute atomic E-state index is 0.104. The van der Waals surface area contributed by atoms with Crippen molar-refractivity contribution in [2.24, 2.45) is 16.7 Å². The fourth-order valence-corrected chi connectivity index (χ4v) is 6.61. The lowest BCUT2D eigenvalue weighted by molar-refractivity contribution is -0.291. The van der Waals surface area contributed by atoms with Gasteiger partial charge in [-0.15, -0.1) is 0 Å². The van der Waals surface area contributed by atoms with E-state index in [0.29, 0.717) is 12.3 Å². The van der Waals surface area contributed by atoms with Crippen molar-refractivity contribution in [2.45, 2.75) is 110 Å². The van der Waals surface area contributed by atoms with Crippen LogP contribution in [0.4, 0.5) is 0 Å². The Labute approximate surface area is 203 Å². The second-order valence-electron chi connectivity index (χ2n) is 11.6. The van der Waals surface area contributed by atoms with Gasteiger partial charge in [0.2, 0.25) is 0 Å². The highest BCUT2D eigenvalue weighted by Gasteiger charge is 2.54. The van der Waals surface area contributed by atoms with Crippen LogP contribution in [-0.4, -0.2) is 58.9 Å². The second kappa shape index (κ2) is 9.62. The molecule has 2 fully saturated rings. The molecule has 1 saturated carbocycles. The van der Waals surface area contributed by atoms with Gasteiger partial charge in [-0.1, -0.05) is 52.7 Å². The Morgan fingerprint density at radius 2 is 1.91 bits per heavy atom. The van der Waals surface area contributed by atoms with E-state index >= 15 is 0 Å². The molecule has 190 valence electrons. The van der Waals surface area contributed by atoms with Crippen molar-refractivity contribution in [2.75, 3.05) is 6.61 Å². The Kier molecular flexibility index (Phi) is 7.30. The van der Waals surface area contributed by atoms with Crippen LogP contribution in [0.5, 0.6) is 0 Å². The monoisotopic (exact) mass is 474 g/mol. The summed E-state index contributed by atoms with van der Waals surface area (Å²) in [5.74, 6) is 0.451. The van der Waals surface area contributed by atoms with Crippen molar-refractivity contribution in [3.05, 3.63) is 33.9 Å². The molecule has 34 heavy (non-hydrogen) atoms. The smallest absolute Gasteiger partial charge is 0.186 e. The first-order chi connectivity index (χ1) is 16.1. The zero-order chi connectivity index (χ0) is 24.8. The summed E-state index contributed by atoms with van der Waals surface area (Å²) in [4.78, 5) is 12.3. The summed E-state index contributed by atoms with van der Waals surface area (Å²) in [6.07, 6.45) is 4.36. The van der Waals surface area contributed by atoms with Gasteiger partial charge < -0.3 is 24.8 Å². The van der Waals surface area contributed by atoms with E-state index in [1.165, 1.54) is 16.7 Å². The summed E-state index contributed by atoms with van der Waals surface area (Å²) >= 11 is 0. The van der Waals surface area contributed by atoms with E-state index in [1.807, 2.05) is 0 Å². The molecular weight excluding hydrogens is 432 g/mol. The maximum atomic E-state index is 12.3. The molecule has 0 bridgehead atoms. The van der Waals surface area contributed by atoms with Crippen LogP contribution in [0.25, 0.3) is 0 Å². The molecular formula is C28H42O6. The van der Waals surface area contributed by atoms with Crippen molar-refractivity contribution in [1.29, 1.82) is 0 Å². The largest absolute Gasteiger partial charge is 0.388 e. The van der Waals surface area contributed by atoms with Gasteiger partial charge in [0, 0.05) is 11.8 Å². The number of hydrogen-bond acceptors (Lipinski definition) is 6. The molecule has 4 aliphatic rings. The quantitative estimate of drug-likeness (QED) is 0.504. The summed E-state index contributed by atoms with van der Waals surface area (Å²) in [6.45, 7) is 11.2. The van der Waals surface area contributed by atoms with Crippen LogP contribution in [0.2, 0.25) is 0 Å². The Balaban J connectivity index is 1.82. The topological polar surface area (TPSA) is 96.2 Å². The number of aliphatic hydroxyl groups excluding tert-OH is 3. The fraction of sp³-hybridized carbons (Fsp3) is 0.750. The predicted molar refractivity (Wildman–Crippen MR) is 130 cm³/mol. The first-order valence-electron chi connectivity index (χ1n) is 13.0. The Morgan fingerprint density at radius 1 is 1.18 bits per heavy atom. The van der Waals surface area contributed by atoms with E-state index in [2.05, 4.69) is 40.7 Å². The molecule has 0 aromatic carbocycles. The van der Waals surface area contributed by atoms with Gasteiger partial charge in [-0.3, -0.25) is 4.79 Å². The number of aldehydes is 1. The highest BCUT2D eigenvalue weighted by Crippen LogP contribution is 2.62. The zero-order valence-electron chi connectivity index (χ0n) is 21.3. The maximum Gasteiger partial charge on any atom is 0.186 e. The highest BCUT2D eigenvalue weighted by atomic mass is 16.7. The van der Waals surface area contributed by atoms with Crippen molar-refractivity contribution in [3.63, 3.8) is 0 Å². The molecule has 1 saturated heterocycles. The van der Waals surface area contributed by atoms with Gasteiger partial charge in [-0.25, -0.2) is 0 Å². The number of carbonyl (C=O) groups excluding carboxylic acids is 1. The van der Waals surface area contributed by atoms with Gasteiger partial charge in [-0.05, 0) is 65.7 Å². The third kappa shape index (κ3) is 4.26. The Bertz CT molecular complexity index is 901. The zero-order valence-corrected chi connectivity index (χ0v) is 21.3. The van der Waals surface area contributed by atoms with Crippen LogP contribution in [0.3, 0.4) is 0 Å². The summed E-state index contributed by atoms with van der Waals surface area (Å²) in [6, 6.07) is 0. The summed E-state index contributed by atoms with van der Waals surface area (Å²) < 4.78 is 12.1. The van der Waals surface area contributed by atoms with Crippen molar-refractivity contribution < 1.29 is 29.6 Å². The third-order valence-corrected chi connectivity index (χ3v) is 8.91. The van der Waals surface area contributed by atoms with E-state index in [9.17, 15) is 20.1 Å². The summed E-state index contributed by atoms with van der Waals surface area (Å²) in [5.41, 5.74) is 5.82. The average Bonchev–Trinajstić information content (AvgIpc) is 3.10. The first kappa shape index (κ1) is 25.8. The lowest BCUT2D eigenvalue weighted by Crippen LogP contribution is -2.56. The number of allylic oxidation sites excluding steroid dienone is 4. The SMILES string of the molecule is CCCC1=C(C=O)C[C@H](O[C@@H]2OC[C@@H](O)[C@H](O)[C@H]2O)[C@]2(C)CC[C@@]3(C)CCC(C(C)C)=C3C2=C1. The molecule has 0 aromatic rings. The normalized spacial score (nSPS) is 40.7. The van der Waals surface area contributed by atoms with Crippen LogP contribution >= 0.6 is 0 Å². The molecule has 3 N–H and O–H groups in total. The number of carbonyl (C=O) groups is 1. The van der Waals surface area contributed by atoms with Crippen LogP contribution in [-0.2, 0) is 14.3 Å². The highest BCUT2D eigenvalue weighted by molar-refractivity contribution is 5.77. The molecule has 6 nitrogen and oxygen atoms in total. The van der Waals surface area contributed by atoms with E-state index in [0.717, 1.165) is 56.0 Å². The summed E-state index contributed by atoms with van der Waals surface area (Å²) in [5, 5.41) is 30.7. The van der Waals surface area contributed by atoms with Crippen LogP contribution < -0.4 is 0 Å². The lowest BCUT2D eigenvalue weighted by Gasteiger charge is -2.50. The third-order valence-electron chi connectivity index (χ3n) is 8.91. The molecule has 0 spiro atoms. The number of aliphatic hydroxyl groups is 3. The molecule has 6 heteroatoms. The maximum absolute atomic E-state index is 12.3. The minimum Gasteiger partial charge on any atom is -0.388 e. The van der Waals surface area contributed by atoms with E-state index in [-0.39, 0.29) is 17.4 Å². The van der Waals surface area contributed by atoms with Gasteiger partial charge in [0.1, 0.15) is 24.6 Å². The van der Waals surface area contributed by atoms with Crippen LogP contribution in [0.15, 0.2) is 33.9 Å². The molecule has 0 amide bonds. The van der Waals surface area contributed by atoms with E-state index < -0.39 is 30.7 Å². The molecule has 3 aliphatic carbocycles. The molecule has 0 unspecified atom stereocenters. The second-order valence-corrected chi connectivity index (χ2v) is 11.6. The molecule has 1 heterocycles. The van der Waals surface area contributed by atoms with Gasteiger partial charge in [0.15, 0.2) is 6.29 Å². The molecule has 0 radical (unpaired) electrons. The van der Waals surface area contributed by atoms with Crippen LogP contribution in [0, 0.1) is 16.7 Å². The number of ether oxygens (including phenoxy) is 2. The predicted octanol–water partition coefficient (Wildman–Crippen LogP) is 3.99. The Hall–Kier alpha value is -1.31. The standard InChI is InChI=1S/C28H42O6/c1-6-7-17-12-20-23-19(16(2)3)8-9-27(23,4)10-11-28(20,5)22(13-18(17)14-29)34-26-25(32)24(31)21(30)15-33-26/h12,14,16,21-22,24-26,30-32H,6-11,13,15H2,1-5H3/t21-,22+,24+,25-,26+,27-,28-/m1/s1.